The summed E-state index contributed by atoms with van der Waals surface area (Å²) >= 11 is 3.63. The number of nitrogens with one attached hydrogen (secondary N) is 1. The molecule has 1 aliphatic heterocycles. The number of likely N-dealkylation sites (tertiary alicyclic amines) is 1. The molecule has 1 heterocycles. The molecule has 1 N–H and O–H groups in total. The molecule has 1 fully saturated rings. The molecule has 2 unspecified atom stereocenters. The van der Waals surface area contributed by atoms with Crippen LogP contribution in [-0.2, 0) is 16.1 Å². The van der Waals surface area contributed by atoms with Crippen LogP contribution in [0.1, 0.15) is 108 Å². The summed E-state index contributed by atoms with van der Waals surface area (Å²) in [4.78, 5) is 12.2. The van der Waals surface area contributed by atoms with Crippen molar-refractivity contribution in [1.82, 2.24) is 10.2 Å². The van der Waals surface area contributed by atoms with Gasteiger partial charge in [-0.1, -0.05) is 101 Å². The van der Waals surface area contributed by atoms with Crippen LogP contribution in [0.15, 0.2) is 58.6 Å². The third kappa shape index (κ3) is 18.2. The average Bonchev–Trinajstić information content (AvgIpc) is 3.15. The Morgan fingerprint density at radius 1 is 1.11 bits per heavy atom. The first kappa shape index (κ1) is 42.1. The first-order chi connectivity index (χ1) is 20.5. The molecule has 1 aromatic carbocycles. The summed E-state index contributed by atoms with van der Waals surface area (Å²) in [7, 11) is 2.01. The molecule has 6 heteroatoms. The summed E-state index contributed by atoms with van der Waals surface area (Å²) in [5, 5.41) is 3.24. The van der Waals surface area contributed by atoms with Crippen molar-refractivity contribution < 1.29 is 14.3 Å². The van der Waals surface area contributed by atoms with Crippen LogP contribution in [0.25, 0.3) is 0 Å². The molecule has 1 aromatic rings. The van der Waals surface area contributed by atoms with Gasteiger partial charge in [-0.3, -0.25) is 9.69 Å². The van der Waals surface area contributed by atoms with Crippen LogP contribution in [0.2, 0.25) is 0 Å². The minimum Gasteiger partial charge on any atom is -0.489 e. The van der Waals surface area contributed by atoms with Gasteiger partial charge in [-0.25, -0.2) is 0 Å². The highest BCUT2D eigenvalue weighted by Gasteiger charge is 2.33. The van der Waals surface area contributed by atoms with E-state index in [0.29, 0.717) is 30.0 Å². The van der Waals surface area contributed by atoms with E-state index in [9.17, 15) is 4.79 Å². The Morgan fingerprint density at radius 2 is 1.77 bits per heavy atom. The van der Waals surface area contributed by atoms with Crippen LogP contribution < -0.4 is 10.1 Å². The van der Waals surface area contributed by atoms with Gasteiger partial charge in [-0.15, -0.1) is 0 Å². The molecule has 1 aliphatic carbocycles. The maximum absolute atomic E-state index is 9.60. The fourth-order valence-corrected chi connectivity index (χ4v) is 5.08. The van der Waals surface area contributed by atoms with E-state index < -0.39 is 0 Å². The molecular weight excluding hydrogens is 612 g/mol. The third-order valence-corrected chi connectivity index (χ3v) is 8.44. The van der Waals surface area contributed by atoms with Crippen molar-refractivity contribution in [2.75, 3.05) is 26.7 Å². The topological polar surface area (TPSA) is 50.8 Å². The van der Waals surface area contributed by atoms with Crippen molar-refractivity contribution in [1.29, 1.82) is 0 Å². The number of allylic oxidation sites excluding steroid dienone is 4. The summed E-state index contributed by atoms with van der Waals surface area (Å²) < 4.78 is 11.9. The van der Waals surface area contributed by atoms with Crippen LogP contribution in [0.3, 0.4) is 0 Å². The SMILES string of the molecule is CC.CC(C)(C)OC=O.CC1C=CC=C(COc2ccc(Br)cc2CN2CCC(C)C(C)(C)C2)C=C1.CCCC(C)(C)NC. The Morgan fingerprint density at radius 3 is 2.27 bits per heavy atom. The Bertz CT molecular complexity index is 1040. The largest absolute Gasteiger partial charge is 0.489 e. The molecule has 0 saturated carbocycles. The standard InChI is InChI=1S/C24H32BrNO.C7H17N.C5H10O2.C2H6/c1-18-6-5-7-20(9-8-18)16-27-23-11-10-22(25)14-21(23)15-26-13-12-19(2)24(3,4)17-26;1-5-6-7(2,3)8-4;1-5(2,3)7-4-6;1-2/h5-11,14,18-19H,12-13,15-17H2,1-4H3;8H,5-6H2,1-4H3;4H,1-3H3;1-2H3. The van der Waals surface area contributed by atoms with Gasteiger partial charge in [0.05, 0.1) is 0 Å². The number of ether oxygens (including phenoxy) is 2. The molecule has 0 radical (unpaired) electrons. The van der Waals surface area contributed by atoms with E-state index in [2.05, 4.69) is 128 Å². The van der Waals surface area contributed by atoms with Gasteiger partial charge in [-0.2, -0.15) is 0 Å². The number of halogens is 1. The molecule has 3 rings (SSSR count). The number of hydrogen-bond donors (Lipinski definition) is 1. The second kappa shape index (κ2) is 21.0. The summed E-state index contributed by atoms with van der Waals surface area (Å²) in [5.74, 6) is 2.24. The lowest BCUT2D eigenvalue weighted by molar-refractivity contribution is -0.138. The molecule has 44 heavy (non-hydrogen) atoms. The summed E-state index contributed by atoms with van der Waals surface area (Å²) in [6, 6.07) is 6.37. The van der Waals surface area contributed by atoms with Crippen LogP contribution in [0.4, 0.5) is 0 Å². The summed E-state index contributed by atoms with van der Waals surface area (Å²) in [6.45, 7) is 29.8. The van der Waals surface area contributed by atoms with E-state index in [4.69, 9.17) is 4.74 Å². The Labute approximate surface area is 280 Å². The van der Waals surface area contributed by atoms with Crippen molar-refractivity contribution in [3.8, 4) is 5.75 Å². The quantitative estimate of drug-likeness (QED) is 0.264. The van der Waals surface area contributed by atoms with E-state index in [1.54, 1.807) is 0 Å². The third-order valence-electron chi connectivity index (χ3n) is 7.95. The number of carbonyl (C=O) groups is 1. The van der Waals surface area contributed by atoms with Gasteiger partial charge in [-0.05, 0) is 102 Å². The van der Waals surface area contributed by atoms with Gasteiger partial charge in [0.25, 0.3) is 6.47 Å². The van der Waals surface area contributed by atoms with Gasteiger partial charge < -0.3 is 14.8 Å². The van der Waals surface area contributed by atoms with Gasteiger partial charge in [0.15, 0.2) is 0 Å². The number of carbonyl (C=O) groups excluding carboxylic acids is 1. The zero-order chi connectivity index (χ0) is 34.0. The average molecular weight is 678 g/mol. The normalized spacial score (nSPS) is 19.5. The molecule has 1 saturated heterocycles. The lowest BCUT2D eigenvalue weighted by Gasteiger charge is -2.43. The van der Waals surface area contributed by atoms with Crippen molar-refractivity contribution in [2.24, 2.45) is 17.3 Å². The lowest BCUT2D eigenvalue weighted by Crippen LogP contribution is -2.44. The number of rotatable bonds is 9. The van der Waals surface area contributed by atoms with E-state index in [0.717, 1.165) is 35.8 Å². The monoisotopic (exact) mass is 676 g/mol. The summed E-state index contributed by atoms with van der Waals surface area (Å²) in [6.07, 6.45) is 14.6. The number of piperidine rings is 1. The molecule has 0 spiro atoms. The summed E-state index contributed by atoms with van der Waals surface area (Å²) in [5.41, 5.74) is 2.86. The number of hydrogen-bond acceptors (Lipinski definition) is 5. The second-order valence-corrected chi connectivity index (χ2v) is 14.9. The first-order valence-corrected chi connectivity index (χ1v) is 17.3. The highest BCUT2D eigenvalue weighted by atomic mass is 79.9. The molecular formula is C38H65BrN2O3. The van der Waals surface area contributed by atoms with Crippen molar-refractivity contribution in [3.63, 3.8) is 0 Å². The molecule has 0 amide bonds. The maximum Gasteiger partial charge on any atom is 0.293 e. The van der Waals surface area contributed by atoms with Gasteiger partial charge in [0, 0.05) is 28.7 Å². The predicted octanol–water partition coefficient (Wildman–Crippen LogP) is 10.2. The zero-order valence-electron chi connectivity index (χ0n) is 30.4. The Hall–Kier alpha value is -1.89. The highest BCUT2D eigenvalue weighted by Crippen LogP contribution is 2.36. The Kier molecular flexibility index (Phi) is 20.1. The van der Waals surface area contributed by atoms with E-state index in [-0.39, 0.29) is 5.60 Å². The van der Waals surface area contributed by atoms with Crippen LogP contribution in [0.5, 0.6) is 5.75 Å². The van der Waals surface area contributed by atoms with E-state index >= 15 is 0 Å². The maximum atomic E-state index is 9.60. The van der Waals surface area contributed by atoms with Crippen LogP contribution in [0, 0.1) is 17.3 Å². The zero-order valence-corrected chi connectivity index (χ0v) is 31.9. The fraction of sp³-hybridized carbons (Fsp3) is 0.658. The van der Waals surface area contributed by atoms with Crippen molar-refractivity contribution >= 4 is 22.4 Å². The Balaban J connectivity index is 0.000000897. The van der Waals surface area contributed by atoms with Gasteiger partial charge in [0.1, 0.15) is 18.0 Å². The number of nitrogens with zero attached hydrogens (tertiary/aromatic N) is 1. The fourth-order valence-electron chi connectivity index (χ4n) is 4.67. The van der Waals surface area contributed by atoms with Crippen LogP contribution in [-0.4, -0.2) is 49.3 Å². The molecule has 2 atom stereocenters. The van der Waals surface area contributed by atoms with Crippen LogP contribution >= 0.6 is 15.9 Å². The first-order valence-electron chi connectivity index (χ1n) is 16.5. The van der Waals surface area contributed by atoms with E-state index in [1.807, 2.05) is 41.7 Å². The predicted molar refractivity (Wildman–Crippen MR) is 194 cm³/mol. The highest BCUT2D eigenvalue weighted by molar-refractivity contribution is 9.10. The lowest BCUT2D eigenvalue weighted by atomic mass is 9.75. The van der Waals surface area contributed by atoms with Gasteiger partial charge >= 0.3 is 0 Å². The second-order valence-electron chi connectivity index (χ2n) is 14.0. The molecule has 0 bridgehead atoms. The minimum atomic E-state index is -0.318. The minimum absolute atomic E-state index is 0.318. The molecule has 0 aromatic heterocycles. The molecule has 2 aliphatic rings. The van der Waals surface area contributed by atoms with E-state index in [1.165, 1.54) is 30.4 Å². The smallest absolute Gasteiger partial charge is 0.293 e. The van der Waals surface area contributed by atoms with Crippen molar-refractivity contribution in [2.45, 2.75) is 120 Å². The van der Waals surface area contributed by atoms with Gasteiger partial charge in [0.2, 0.25) is 0 Å². The molecule has 252 valence electrons. The number of benzene rings is 1. The van der Waals surface area contributed by atoms with Crippen molar-refractivity contribution in [3.05, 3.63) is 64.2 Å². The molecule has 5 nitrogen and oxygen atoms in total.